The Morgan fingerprint density at radius 1 is 0.889 bits per heavy atom. The van der Waals surface area contributed by atoms with Gasteiger partial charge in [0.1, 0.15) is 11.5 Å². The first-order valence-electron chi connectivity index (χ1n) is 9.15. The van der Waals surface area contributed by atoms with Crippen molar-refractivity contribution >= 4 is 17.2 Å². The summed E-state index contributed by atoms with van der Waals surface area (Å²) in [5.41, 5.74) is 0.619. The molecule has 1 saturated heterocycles. The minimum Gasteiger partial charge on any atom is -0.457 e. The summed E-state index contributed by atoms with van der Waals surface area (Å²) >= 11 is 1.78. The molecule has 0 saturated carbocycles. The molecule has 1 aliphatic rings. The van der Waals surface area contributed by atoms with E-state index in [2.05, 4.69) is 22.4 Å². The van der Waals surface area contributed by atoms with Gasteiger partial charge in [-0.15, -0.1) is 11.3 Å². The van der Waals surface area contributed by atoms with Crippen LogP contribution in [0.1, 0.15) is 15.2 Å². The number of carbonyl (C=O) groups is 1. The second-order valence-electron chi connectivity index (χ2n) is 6.56. The van der Waals surface area contributed by atoms with E-state index in [9.17, 15) is 4.79 Å². The molecule has 1 aromatic heterocycles. The molecule has 1 aliphatic heterocycles. The SMILES string of the molecule is O=C(c1ccccc1Oc1ccccc1)N1CCN(Cc2cccs2)CC1. The molecule has 0 radical (unpaired) electrons. The number of carbonyl (C=O) groups excluding carboxylic acids is 1. The molecule has 2 aromatic carbocycles. The summed E-state index contributed by atoms with van der Waals surface area (Å²) in [7, 11) is 0. The molecule has 0 aliphatic carbocycles. The van der Waals surface area contributed by atoms with E-state index in [1.807, 2.05) is 59.5 Å². The molecule has 4 rings (SSSR count). The van der Waals surface area contributed by atoms with E-state index < -0.39 is 0 Å². The Balaban J connectivity index is 1.41. The smallest absolute Gasteiger partial charge is 0.257 e. The molecule has 0 bridgehead atoms. The fourth-order valence-electron chi connectivity index (χ4n) is 3.25. The van der Waals surface area contributed by atoms with Crippen LogP contribution in [0.25, 0.3) is 0 Å². The summed E-state index contributed by atoms with van der Waals surface area (Å²) in [6, 6.07) is 21.3. The van der Waals surface area contributed by atoms with E-state index in [0.717, 1.165) is 38.5 Å². The first-order valence-corrected chi connectivity index (χ1v) is 10.0. The Morgan fingerprint density at radius 3 is 2.37 bits per heavy atom. The predicted octanol–water partition coefficient (Wildman–Crippen LogP) is 4.50. The maximum absolute atomic E-state index is 13.1. The molecule has 0 N–H and O–H groups in total. The van der Waals surface area contributed by atoms with E-state index in [1.165, 1.54) is 4.88 Å². The van der Waals surface area contributed by atoms with Gasteiger partial charge < -0.3 is 9.64 Å². The number of para-hydroxylation sites is 2. The van der Waals surface area contributed by atoms with E-state index in [4.69, 9.17) is 4.74 Å². The fourth-order valence-corrected chi connectivity index (χ4v) is 4.00. The van der Waals surface area contributed by atoms with Crippen molar-refractivity contribution in [3.63, 3.8) is 0 Å². The van der Waals surface area contributed by atoms with E-state index in [0.29, 0.717) is 11.3 Å². The highest BCUT2D eigenvalue weighted by Crippen LogP contribution is 2.26. The van der Waals surface area contributed by atoms with E-state index in [1.54, 1.807) is 11.3 Å². The van der Waals surface area contributed by atoms with Crippen molar-refractivity contribution in [2.24, 2.45) is 0 Å². The molecule has 0 unspecified atom stereocenters. The topological polar surface area (TPSA) is 32.8 Å². The third-order valence-electron chi connectivity index (χ3n) is 4.71. The predicted molar refractivity (Wildman–Crippen MR) is 108 cm³/mol. The average molecular weight is 378 g/mol. The van der Waals surface area contributed by atoms with Crippen molar-refractivity contribution in [1.82, 2.24) is 9.80 Å². The number of thiophene rings is 1. The van der Waals surface area contributed by atoms with Crippen LogP contribution in [-0.2, 0) is 6.54 Å². The van der Waals surface area contributed by atoms with Crippen molar-refractivity contribution in [2.75, 3.05) is 26.2 Å². The number of amides is 1. The lowest BCUT2D eigenvalue weighted by atomic mass is 10.1. The van der Waals surface area contributed by atoms with Crippen LogP contribution in [0.2, 0.25) is 0 Å². The third kappa shape index (κ3) is 4.38. The average Bonchev–Trinajstić information content (AvgIpc) is 3.22. The van der Waals surface area contributed by atoms with Gasteiger partial charge in [-0.2, -0.15) is 0 Å². The highest BCUT2D eigenvalue weighted by molar-refractivity contribution is 7.09. The van der Waals surface area contributed by atoms with Crippen molar-refractivity contribution in [3.8, 4) is 11.5 Å². The lowest BCUT2D eigenvalue weighted by molar-refractivity contribution is 0.0627. The number of hydrogen-bond acceptors (Lipinski definition) is 4. The largest absolute Gasteiger partial charge is 0.457 e. The normalized spacial score (nSPS) is 14.9. The molecule has 1 amide bonds. The van der Waals surface area contributed by atoms with Crippen LogP contribution in [-0.4, -0.2) is 41.9 Å². The summed E-state index contributed by atoms with van der Waals surface area (Å²) in [5, 5.41) is 2.11. The second kappa shape index (κ2) is 8.37. The van der Waals surface area contributed by atoms with Gasteiger partial charge in [-0.1, -0.05) is 36.4 Å². The minimum atomic E-state index is 0.0392. The van der Waals surface area contributed by atoms with Gasteiger partial charge in [0, 0.05) is 37.6 Å². The van der Waals surface area contributed by atoms with Crippen LogP contribution in [0.15, 0.2) is 72.1 Å². The van der Waals surface area contributed by atoms with E-state index >= 15 is 0 Å². The first-order chi connectivity index (χ1) is 13.3. The lowest BCUT2D eigenvalue weighted by Crippen LogP contribution is -2.48. The Morgan fingerprint density at radius 2 is 1.63 bits per heavy atom. The van der Waals surface area contributed by atoms with Gasteiger partial charge in [0.2, 0.25) is 0 Å². The third-order valence-corrected chi connectivity index (χ3v) is 5.57. The van der Waals surface area contributed by atoms with Gasteiger partial charge in [-0.05, 0) is 35.7 Å². The van der Waals surface area contributed by atoms with Crippen LogP contribution in [0.4, 0.5) is 0 Å². The molecule has 3 aromatic rings. The van der Waals surface area contributed by atoms with Crippen LogP contribution >= 0.6 is 11.3 Å². The highest BCUT2D eigenvalue weighted by atomic mass is 32.1. The van der Waals surface area contributed by atoms with Gasteiger partial charge in [0.05, 0.1) is 5.56 Å². The standard InChI is InChI=1S/C22H22N2O2S/c25-22(24-14-12-23(13-15-24)17-19-9-6-16-27-19)20-10-4-5-11-21(20)26-18-7-2-1-3-8-18/h1-11,16H,12-15,17H2. The Labute approximate surface area is 163 Å². The number of benzene rings is 2. The molecule has 138 valence electrons. The molecule has 0 atom stereocenters. The van der Waals surface area contributed by atoms with Gasteiger partial charge >= 0.3 is 0 Å². The van der Waals surface area contributed by atoms with Crippen LogP contribution in [0, 0.1) is 0 Å². The molecular weight excluding hydrogens is 356 g/mol. The second-order valence-corrected chi connectivity index (χ2v) is 7.59. The Bertz CT molecular complexity index is 872. The summed E-state index contributed by atoms with van der Waals surface area (Å²) in [4.78, 5) is 18.8. The summed E-state index contributed by atoms with van der Waals surface area (Å²) < 4.78 is 5.96. The molecule has 4 nitrogen and oxygen atoms in total. The number of hydrogen-bond donors (Lipinski definition) is 0. The van der Waals surface area contributed by atoms with Gasteiger partial charge in [0.25, 0.3) is 5.91 Å². The lowest BCUT2D eigenvalue weighted by Gasteiger charge is -2.34. The molecule has 27 heavy (non-hydrogen) atoms. The summed E-state index contributed by atoms with van der Waals surface area (Å²) in [6.07, 6.45) is 0. The van der Waals surface area contributed by atoms with Crippen molar-refractivity contribution < 1.29 is 9.53 Å². The van der Waals surface area contributed by atoms with Crippen LogP contribution < -0.4 is 4.74 Å². The minimum absolute atomic E-state index is 0.0392. The van der Waals surface area contributed by atoms with Crippen molar-refractivity contribution in [1.29, 1.82) is 0 Å². The van der Waals surface area contributed by atoms with E-state index in [-0.39, 0.29) is 5.91 Å². The number of piperazine rings is 1. The molecule has 1 fully saturated rings. The summed E-state index contributed by atoms with van der Waals surface area (Å²) in [5.74, 6) is 1.38. The maximum atomic E-state index is 13.1. The Hall–Kier alpha value is -2.63. The Kier molecular flexibility index (Phi) is 5.51. The zero-order chi connectivity index (χ0) is 18.5. The number of rotatable bonds is 5. The molecule has 2 heterocycles. The van der Waals surface area contributed by atoms with Crippen LogP contribution in [0.3, 0.4) is 0 Å². The fraction of sp³-hybridized carbons (Fsp3) is 0.227. The summed E-state index contributed by atoms with van der Waals surface area (Å²) in [6.45, 7) is 4.23. The van der Waals surface area contributed by atoms with Gasteiger partial charge in [0.15, 0.2) is 0 Å². The quantitative estimate of drug-likeness (QED) is 0.655. The van der Waals surface area contributed by atoms with Gasteiger partial charge in [-0.3, -0.25) is 9.69 Å². The molecule has 5 heteroatoms. The molecule has 0 spiro atoms. The highest BCUT2D eigenvalue weighted by Gasteiger charge is 2.24. The number of ether oxygens (including phenoxy) is 1. The van der Waals surface area contributed by atoms with Gasteiger partial charge in [-0.25, -0.2) is 0 Å². The van der Waals surface area contributed by atoms with Crippen LogP contribution in [0.5, 0.6) is 11.5 Å². The number of nitrogens with zero attached hydrogens (tertiary/aromatic N) is 2. The molecular formula is C22H22N2O2S. The van der Waals surface area contributed by atoms with Crippen molar-refractivity contribution in [2.45, 2.75) is 6.54 Å². The van der Waals surface area contributed by atoms with Crippen molar-refractivity contribution in [3.05, 3.63) is 82.6 Å². The first kappa shape index (κ1) is 17.8. The zero-order valence-electron chi connectivity index (χ0n) is 15.1. The monoisotopic (exact) mass is 378 g/mol. The maximum Gasteiger partial charge on any atom is 0.257 e. The zero-order valence-corrected chi connectivity index (χ0v) is 15.9.